The molecule has 1 aromatic heterocycles. The average Bonchev–Trinajstić information content (AvgIpc) is 3.66. The Morgan fingerprint density at radius 2 is 1.90 bits per heavy atom. The third-order valence-corrected chi connectivity index (χ3v) is 10.3. The number of sulfonamides is 1. The number of benzene rings is 3. The fourth-order valence-electron chi connectivity index (χ4n) is 5.75. The number of anilines is 1. The number of aromatic nitrogens is 2. The molecule has 0 aliphatic heterocycles. The summed E-state index contributed by atoms with van der Waals surface area (Å²) < 4.78 is 44.9. The SMILES string of the molecule is Cn1ccnc1CN(C(=O)[C@@H]1C[C@@H]1c1ccccc1Cl)c1ccc2c(c1)[C@@H](NS(=O)(=O)c1ccc(F)c(Cl)c1)CCC2. The third-order valence-electron chi connectivity index (χ3n) is 8.15. The second-order valence-corrected chi connectivity index (χ2v) is 13.4. The molecule has 1 N–H and O–H groups in total. The molecule has 1 amide bonds. The molecule has 4 aromatic rings. The first-order valence-electron chi connectivity index (χ1n) is 13.7. The lowest BCUT2D eigenvalue weighted by atomic mass is 9.87. The molecule has 7 nitrogen and oxygen atoms in total. The van der Waals surface area contributed by atoms with Crippen molar-refractivity contribution in [1.82, 2.24) is 14.3 Å². The summed E-state index contributed by atoms with van der Waals surface area (Å²) in [6.45, 7) is 0.261. The van der Waals surface area contributed by atoms with Crippen molar-refractivity contribution in [3.05, 3.63) is 111 Å². The van der Waals surface area contributed by atoms with Gasteiger partial charge in [-0.25, -0.2) is 22.5 Å². The number of hydrogen-bond donors (Lipinski definition) is 1. The molecule has 3 atom stereocenters. The number of amides is 1. The van der Waals surface area contributed by atoms with Crippen molar-refractivity contribution in [2.45, 2.75) is 49.1 Å². The topological polar surface area (TPSA) is 84.3 Å². The van der Waals surface area contributed by atoms with Crippen LogP contribution in [0, 0.1) is 11.7 Å². The summed E-state index contributed by atoms with van der Waals surface area (Å²) in [5, 5.41) is 0.391. The second kappa shape index (κ2) is 11.4. The van der Waals surface area contributed by atoms with Crippen LogP contribution in [0.15, 0.2) is 78.0 Å². The number of fused-ring (bicyclic) bond motifs is 1. The Bertz CT molecular complexity index is 1780. The summed E-state index contributed by atoms with van der Waals surface area (Å²) in [6, 6.07) is 16.2. The number of halogens is 3. The van der Waals surface area contributed by atoms with E-state index in [0.717, 1.165) is 47.5 Å². The average molecular weight is 628 g/mol. The quantitative estimate of drug-likeness (QED) is 0.240. The molecule has 6 rings (SSSR count). The van der Waals surface area contributed by atoms with Crippen molar-refractivity contribution in [1.29, 1.82) is 0 Å². The lowest BCUT2D eigenvalue weighted by molar-refractivity contribution is -0.120. The number of nitrogens with zero attached hydrogens (tertiary/aromatic N) is 3. The fraction of sp³-hybridized carbons (Fsp3) is 0.290. The van der Waals surface area contributed by atoms with E-state index >= 15 is 0 Å². The normalized spacial score (nSPS) is 19.8. The summed E-state index contributed by atoms with van der Waals surface area (Å²) in [4.78, 5) is 20.1. The van der Waals surface area contributed by atoms with Gasteiger partial charge in [0, 0.05) is 42.1 Å². The van der Waals surface area contributed by atoms with Gasteiger partial charge in [0.2, 0.25) is 15.9 Å². The first-order valence-corrected chi connectivity index (χ1v) is 16.0. The van der Waals surface area contributed by atoms with E-state index in [1.807, 2.05) is 60.3 Å². The molecule has 0 bridgehead atoms. The summed E-state index contributed by atoms with van der Waals surface area (Å²) in [5.41, 5.74) is 3.46. The van der Waals surface area contributed by atoms with Gasteiger partial charge < -0.3 is 9.47 Å². The Kier molecular flexibility index (Phi) is 7.87. The van der Waals surface area contributed by atoms with E-state index in [9.17, 15) is 17.6 Å². The van der Waals surface area contributed by atoms with Gasteiger partial charge in [0.1, 0.15) is 11.6 Å². The van der Waals surface area contributed by atoms with Gasteiger partial charge >= 0.3 is 0 Å². The molecular weight excluding hydrogens is 598 g/mol. The van der Waals surface area contributed by atoms with Gasteiger partial charge in [-0.15, -0.1) is 0 Å². The van der Waals surface area contributed by atoms with Gasteiger partial charge in [0.05, 0.1) is 16.5 Å². The smallest absolute Gasteiger partial charge is 0.241 e. The molecule has 3 aromatic carbocycles. The van der Waals surface area contributed by atoms with Gasteiger partial charge in [0.25, 0.3) is 0 Å². The predicted molar refractivity (Wildman–Crippen MR) is 161 cm³/mol. The lowest BCUT2D eigenvalue weighted by Gasteiger charge is -2.29. The molecule has 1 fully saturated rings. The number of imidazole rings is 1. The molecule has 1 saturated carbocycles. The first-order chi connectivity index (χ1) is 20.1. The number of carbonyl (C=O) groups excluding carboxylic acids is 1. The van der Waals surface area contributed by atoms with E-state index in [4.69, 9.17) is 23.2 Å². The molecule has 0 spiro atoms. The van der Waals surface area contributed by atoms with Crippen LogP contribution in [0.5, 0.6) is 0 Å². The van der Waals surface area contributed by atoms with Crippen molar-refractivity contribution in [2.75, 3.05) is 4.90 Å². The van der Waals surface area contributed by atoms with Crippen molar-refractivity contribution in [3.63, 3.8) is 0 Å². The van der Waals surface area contributed by atoms with Crippen LogP contribution >= 0.6 is 23.2 Å². The molecule has 218 valence electrons. The Labute approximate surface area is 254 Å². The lowest BCUT2D eigenvalue weighted by Crippen LogP contribution is -2.34. The van der Waals surface area contributed by atoms with Crippen LogP contribution in [0.25, 0.3) is 0 Å². The van der Waals surface area contributed by atoms with E-state index in [1.165, 1.54) is 6.07 Å². The minimum Gasteiger partial charge on any atom is -0.337 e. The number of hydrogen-bond acceptors (Lipinski definition) is 4. The molecular formula is C31H29Cl2FN4O3S. The van der Waals surface area contributed by atoms with E-state index in [0.29, 0.717) is 23.6 Å². The van der Waals surface area contributed by atoms with E-state index < -0.39 is 21.9 Å². The molecule has 11 heteroatoms. The van der Waals surface area contributed by atoms with Crippen LogP contribution in [0.3, 0.4) is 0 Å². The minimum atomic E-state index is -3.99. The maximum atomic E-state index is 14.1. The highest BCUT2D eigenvalue weighted by Gasteiger charge is 2.47. The largest absolute Gasteiger partial charge is 0.337 e. The Morgan fingerprint density at radius 3 is 2.64 bits per heavy atom. The van der Waals surface area contributed by atoms with Gasteiger partial charge in [-0.1, -0.05) is 47.5 Å². The summed E-state index contributed by atoms with van der Waals surface area (Å²) >= 11 is 12.3. The van der Waals surface area contributed by atoms with Crippen LogP contribution in [0.2, 0.25) is 10.0 Å². The maximum Gasteiger partial charge on any atom is 0.241 e. The predicted octanol–water partition coefficient (Wildman–Crippen LogP) is 6.56. The van der Waals surface area contributed by atoms with Crippen LogP contribution in [0.4, 0.5) is 10.1 Å². The summed E-state index contributed by atoms with van der Waals surface area (Å²) in [5.74, 6) is -0.181. The van der Waals surface area contributed by atoms with E-state index in [2.05, 4.69) is 9.71 Å². The zero-order chi connectivity index (χ0) is 29.6. The molecule has 0 saturated heterocycles. The molecule has 2 aliphatic rings. The van der Waals surface area contributed by atoms with E-state index in [-0.39, 0.29) is 34.2 Å². The number of rotatable bonds is 8. The third kappa shape index (κ3) is 5.71. The molecule has 42 heavy (non-hydrogen) atoms. The highest BCUT2D eigenvalue weighted by molar-refractivity contribution is 7.89. The first kappa shape index (κ1) is 28.9. The van der Waals surface area contributed by atoms with Gasteiger partial charge in [-0.05, 0) is 84.7 Å². The van der Waals surface area contributed by atoms with Crippen LogP contribution in [-0.2, 0) is 34.8 Å². The zero-order valence-corrected chi connectivity index (χ0v) is 25.1. The Hall–Kier alpha value is -3.24. The van der Waals surface area contributed by atoms with Crippen molar-refractivity contribution in [3.8, 4) is 0 Å². The number of nitrogens with one attached hydrogen (secondary N) is 1. The van der Waals surface area contributed by atoms with Gasteiger partial charge in [0.15, 0.2) is 0 Å². The van der Waals surface area contributed by atoms with E-state index in [1.54, 1.807) is 11.1 Å². The van der Waals surface area contributed by atoms with Crippen molar-refractivity contribution < 1.29 is 17.6 Å². The zero-order valence-electron chi connectivity index (χ0n) is 22.8. The van der Waals surface area contributed by atoms with Crippen LogP contribution in [-0.4, -0.2) is 23.9 Å². The van der Waals surface area contributed by atoms with Crippen LogP contribution < -0.4 is 9.62 Å². The maximum absolute atomic E-state index is 14.1. The molecule has 1 heterocycles. The summed E-state index contributed by atoms with van der Waals surface area (Å²) in [6.07, 6.45) is 6.40. The fourth-order valence-corrected chi connectivity index (χ4v) is 7.55. The molecule has 0 radical (unpaired) electrons. The highest BCUT2D eigenvalue weighted by atomic mass is 35.5. The molecule has 2 aliphatic carbocycles. The van der Waals surface area contributed by atoms with Crippen molar-refractivity contribution >= 4 is 44.8 Å². The highest BCUT2D eigenvalue weighted by Crippen LogP contribution is 2.51. The molecule has 0 unspecified atom stereocenters. The van der Waals surface area contributed by atoms with Crippen molar-refractivity contribution in [2.24, 2.45) is 13.0 Å². The monoisotopic (exact) mass is 626 g/mol. The Balaban J connectivity index is 1.32. The number of carbonyl (C=O) groups is 1. The summed E-state index contributed by atoms with van der Waals surface area (Å²) in [7, 11) is -2.11. The second-order valence-electron chi connectivity index (χ2n) is 10.9. The standard InChI is InChI=1S/C31H29Cl2FN4O3S/c1-37-14-13-35-30(37)18-38(31(39)25-17-24(25)22-6-2-3-7-26(22)32)20-10-9-19-5-4-8-29(23(19)15-20)36-42(40,41)21-11-12-28(34)27(33)16-21/h2-3,6-7,9-16,24-25,29,36H,4-5,8,17-18H2,1H3/t24-,25-,29+/m1/s1. The Morgan fingerprint density at radius 1 is 1.10 bits per heavy atom. The van der Waals surface area contributed by atoms with Crippen LogP contribution in [0.1, 0.15) is 53.7 Å². The minimum absolute atomic E-state index is 0.0308. The van der Waals surface area contributed by atoms with Gasteiger partial charge in [-0.2, -0.15) is 0 Å². The van der Waals surface area contributed by atoms with Gasteiger partial charge in [-0.3, -0.25) is 4.79 Å². The number of aryl methyl sites for hydroxylation is 2.